The molecule has 1 saturated heterocycles. The van der Waals surface area contributed by atoms with E-state index in [0.29, 0.717) is 55.9 Å². The van der Waals surface area contributed by atoms with E-state index in [1.165, 1.54) is 0 Å². The van der Waals surface area contributed by atoms with Gasteiger partial charge in [-0.3, -0.25) is 0 Å². The number of pyridine rings is 2. The summed E-state index contributed by atoms with van der Waals surface area (Å²) in [5.74, 6) is 2.71. The molecule has 168 valence electrons. The van der Waals surface area contributed by atoms with Gasteiger partial charge in [0.2, 0.25) is 29.6 Å². The van der Waals surface area contributed by atoms with Gasteiger partial charge in [0.05, 0.1) is 27.4 Å². The molecule has 0 atom stereocenters. The highest BCUT2D eigenvalue weighted by molar-refractivity contribution is 5.44. The van der Waals surface area contributed by atoms with Crippen LogP contribution in [0.1, 0.15) is 11.1 Å². The van der Waals surface area contributed by atoms with Gasteiger partial charge in [0.25, 0.3) is 0 Å². The Labute approximate surface area is 186 Å². The smallest absolute Gasteiger partial charge is 0.232 e. The molecular weight excluding hydrogens is 412 g/mol. The van der Waals surface area contributed by atoms with E-state index in [9.17, 15) is 0 Å². The van der Waals surface area contributed by atoms with Crippen LogP contribution in [0.4, 0.5) is 17.8 Å². The highest BCUT2D eigenvalue weighted by Gasteiger charge is 2.16. The van der Waals surface area contributed by atoms with Crippen LogP contribution in [-0.2, 0) is 17.8 Å². The van der Waals surface area contributed by atoms with Crippen LogP contribution in [0.15, 0.2) is 36.7 Å². The van der Waals surface area contributed by atoms with Crippen molar-refractivity contribution >= 4 is 17.8 Å². The molecule has 1 fully saturated rings. The van der Waals surface area contributed by atoms with Crippen molar-refractivity contribution in [2.24, 2.45) is 0 Å². The standard InChI is InChI=1S/C21H26N8O3/c1-30-17-5-3-15(11-22-17)13-24-19-26-20(25-14-16-4-6-18(31-2)23-12-16)28-21(27-19)29-7-9-32-10-8-29/h3-6,11-12H,7-10,13-14H2,1-2H3,(H2,24,25,26,27,28). The Morgan fingerprint density at radius 2 is 1.34 bits per heavy atom. The fourth-order valence-electron chi connectivity index (χ4n) is 3.06. The van der Waals surface area contributed by atoms with Gasteiger partial charge in [-0.25, -0.2) is 9.97 Å². The maximum atomic E-state index is 5.45. The summed E-state index contributed by atoms with van der Waals surface area (Å²) in [5.41, 5.74) is 1.97. The minimum absolute atomic E-state index is 0.479. The van der Waals surface area contributed by atoms with Crippen molar-refractivity contribution in [2.75, 3.05) is 56.1 Å². The number of hydrogen-bond acceptors (Lipinski definition) is 11. The van der Waals surface area contributed by atoms with E-state index in [-0.39, 0.29) is 0 Å². The molecule has 0 amide bonds. The Morgan fingerprint density at radius 3 is 1.78 bits per heavy atom. The second-order valence-electron chi connectivity index (χ2n) is 7.01. The van der Waals surface area contributed by atoms with E-state index in [0.717, 1.165) is 24.2 Å². The normalized spacial score (nSPS) is 13.5. The van der Waals surface area contributed by atoms with E-state index in [1.54, 1.807) is 26.6 Å². The molecule has 11 nitrogen and oxygen atoms in total. The Balaban J connectivity index is 1.48. The first kappa shape index (κ1) is 21.5. The number of nitrogens with one attached hydrogen (secondary N) is 2. The van der Waals surface area contributed by atoms with Crippen LogP contribution < -0.4 is 25.0 Å². The molecule has 0 aromatic carbocycles. The van der Waals surface area contributed by atoms with Crippen molar-refractivity contribution in [1.29, 1.82) is 0 Å². The summed E-state index contributed by atoms with van der Waals surface area (Å²) in [5, 5.41) is 6.52. The van der Waals surface area contributed by atoms with Crippen LogP contribution in [0.25, 0.3) is 0 Å². The predicted octanol–water partition coefficient (Wildman–Crippen LogP) is 1.74. The first-order chi connectivity index (χ1) is 15.7. The number of methoxy groups -OCH3 is 2. The van der Waals surface area contributed by atoms with Crippen molar-refractivity contribution in [2.45, 2.75) is 13.1 Å². The summed E-state index contributed by atoms with van der Waals surface area (Å²) in [6.45, 7) is 3.79. The lowest BCUT2D eigenvalue weighted by molar-refractivity contribution is 0.122. The third-order valence-corrected chi connectivity index (χ3v) is 4.83. The van der Waals surface area contributed by atoms with Crippen LogP contribution in [0, 0.1) is 0 Å². The maximum absolute atomic E-state index is 5.45. The molecule has 0 saturated carbocycles. The Hall–Kier alpha value is -3.73. The molecule has 0 spiro atoms. The molecule has 3 aromatic heterocycles. The number of nitrogens with zero attached hydrogens (tertiary/aromatic N) is 6. The van der Waals surface area contributed by atoms with Crippen LogP contribution >= 0.6 is 0 Å². The highest BCUT2D eigenvalue weighted by atomic mass is 16.5. The number of anilines is 3. The summed E-state index contributed by atoms with van der Waals surface area (Å²) in [7, 11) is 3.18. The molecule has 32 heavy (non-hydrogen) atoms. The monoisotopic (exact) mass is 438 g/mol. The van der Waals surface area contributed by atoms with Gasteiger partial charge in [-0.1, -0.05) is 12.1 Å². The molecule has 0 aliphatic carbocycles. The fraction of sp³-hybridized carbons (Fsp3) is 0.381. The van der Waals surface area contributed by atoms with E-state index >= 15 is 0 Å². The predicted molar refractivity (Wildman–Crippen MR) is 119 cm³/mol. The second kappa shape index (κ2) is 10.5. The van der Waals surface area contributed by atoms with Crippen molar-refractivity contribution in [1.82, 2.24) is 24.9 Å². The molecule has 1 aliphatic heterocycles. The second-order valence-corrected chi connectivity index (χ2v) is 7.01. The van der Waals surface area contributed by atoms with Crippen molar-refractivity contribution in [3.8, 4) is 11.8 Å². The summed E-state index contributed by atoms with van der Waals surface area (Å²) in [6.07, 6.45) is 3.51. The quantitative estimate of drug-likeness (QED) is 0.508. The minimum atomic E-state index is 0.479. The third kappa shape index (κ3) is 5.70. The lowest BCUT2D eigenvalue weighted by atomic mass is 10.3. The van der Waals surface area contributed by atoms with E-state index in [4.69, 9.17) is 14.2 Å². The Kier molecular flexibility index (Phi) is 7.08. The molecular formula is C21H26N8O3. The van der Waals surface area contributed by atoms with Crippen molar-refractivity contribution in [3.05, 3.63) is 47.8 Å². The lowest BCUT2D eigenvalue weighted by Gasteiger charge is -2.27. The first-order valence-electron chi connectivity index (χ1n) is 10.3. The number of aromatic nitrogens is 5. The topological polar surface area (TPSA) is 119 Å². The maximum Gasteiger partial charge on any atom is 0.232 e. The van der Waals surface area contributed by atoms with Crippen LogP contribution in [0.3, 0.4) is 0 Å². The molecule has 0 unspecified atom stereocenters. The fourth-order valence-corrected chi connectivity index (χ4v) is 3.06. The molecule has 11 heteroatoms. The lowest BCUT2D eigenvalue weighted by Crippen LogP contribution is -2.37. The molecule has 4 rings (SSSR count). The highest BCUT2D eigenvalue weighted by Crippen LogP contribution is 2.17. The van der Waals surface area contributed by atoms with Gasteiger partial charge in [-0.2, -0.15) is 15.0 Å². The first-order valence-corrected chi connectivity index (χ1v) is 10.3. The summed E-state index contributed by atoms with van der Waals surface area (Å²) in [4.78, 5) is 24.3. The van der Waals surface area contributed by atoms with Crippen LogP contribution in [0.2, 0.25) is 0 Å². The summed E-state index contributed by atoms with van der Waals surface area (Å²) in [6, 6.07) is 7.52. The van der Waals surface area contributed by atoms with Gasteiger partial charge in [0.15, 0.2) is 0 Å². The van der Waals surface area contributed by atoms with Gasteiger partial charge in [-0.05, 0) is 11.1 Å². The SMILES string of the molecule is COc1ccc(CNc2nc(NCc3ccc(OC)nc3)nc(N3CCOCC3)n2)cn1. The van der Waals surface area contributed by atoms with E-state index in [1.807, 2.05) is 24.3 Å². The third-order valence-electron chi connectivity index (χ3n) is 4.83. The zero-order valence-corrected chi connectivity index (χ0v) is 18.1. The molecule has 3 aromatic rings. The zero-order valence-electron chi connectivity index (χ0n) is 18.1. The van der Waals surface area contributed by atoms with E-state index < -0.39 is 0 Å². The van der Waals surface area contributed by atoms with E-state index in [2.05, 4.69) is 40.5 Å². The Bertz CT molecular complexity index is 925. The largest absolute Gasteiger partial charge is 0.481 e. The molecule has 4 heterocycles. The molecule has 0 bridgehead atoms. The number of hydrogen-bond donors (Lipinski definition) is 2. The molecule has 0 radical (unpaired) electrons. The van der Waals surface area contributed by atoms with Gasteiger partial charge in [0, 0.05) is 50.7 Å². The number of ether oxygens (including phenoxy) is 3. The molecule has 2 N–H and O–H groups in total. The number of rotatable bonds is 9. The molecule has 1 aliphatic rings. The summed E-state index contributed by atoms with van der Waals surface area (Å²) >= 11 is 0. The average Bonchev–Trinajstić information content (AvgIpc) is 2.87. The van der Waals surface area contributed by atoms with Gasteiger partial charge < -0.3 is 29.7 Å². The average molecular weight is 438 g/mol. The summed E-state index contributed by atoms with van der Waals surface area (Å²) < 4.78 is 15.7. The number of morpholine rings is 1. The van der Waals surface area contributed by atoms with Crippen LogP contribution in [0.5, 0.6) is 11.8 Å². The Morgan fingerprint density at radius 1 is 0.812 bits per heavy atom. The van der Waals surface area contributed by atoms with Gasteiger partial charge in [-0.15, -0.1) is 0 Å². The zero-order chi connectivity index (χ0) is 22.2. The van der Waals surface area contributed by atoms with Crippen molar-refractivity contribution in [3.63, 3.8) is 0 Å². The van der Waals surface area contributed by atoms with Gasteiger partial charge >= 0.3 is 0 Å². The van der Waals surface area contributed by atoms with Crippen LogP contribution in [-0.4, -0.2) is 65.4 Å². The van der Waals surface area contributed by atoms with Crippen molar-refractivity contribution < 1.29 is 14.2 Å². The minimum Gasteiger partial charge on any atom is -0.481 e. The van der Waals surface area contributed by atoms with Gasteiger partial charge in [0.1, 0.15) is 0 Å².